The summed E-state index contributed by atoms with van der Waals surface area (Å²) in [4.78, 5) is 6.49. The number of nitrogens with zero attached hydrogens (tertiary/aromatic N) is 5. The molecule has 0 bridgehead atoms. The lowest BCUT2D eigenvalue weighted by molar-refractivity contribution is 0.139. The number of hydrogen-bond donors (Lipinski definition) is 0. The van der Waals surface area contributed by atoms with Crippen molar-refractivity contribution in [2.75, 3.05) is 7.05 Å². The van der Waals surface area contributed by atoms with Crippen LogP contribution in [-0.2, 0) is 13.1 Å². The maximum Gasteiger partial charge on any atom is 0.214 e. The summed E-state index contributed by atoms with van der Waals surface area (Å²) in [5.74, 6) is 2.97. The van der Waals surface area contributed by atoms with Gasteiger partial charge in [-0.15, -0.1) is 10.2 Å². The Morgan fingerprint density at radius 3 is 2.63 bits per heavy atom. The number of aromatic nitrogens is 4. The summed E-state index contributed by atoms with van der Waals surface area (Å²) in [5.41, 5.74) is 2.34. The van der Waals surface area contributed by atoms with Gasteiger partial charge in [0.25, 0.3) is 0 Å². The van der Waals surface area contributed by atoms with Gasteiger partial charge in [0, 0.05) is 23.6 Å². The third-order valence-electron chi connectivity index (χ3n) is 5.91. The monoisotopic (exact) mass is 443 g/mol. The van der Waals surface area contributed by atoms with Crippen LogP contribution in [0.5, 0.6) is 5.88 Å². The van der Waals surface area contributed by atoms with Gasteiger partial charge in [0.15, 0.2) is 5.82 Å². The lowest BCUT2D eigenvalue weighted by Gasteiger charge is -2.28. The fourth-order valence-electron chi connectivity index (χ4n) is 4.51. The number of rotatable bonds is 3. The van der Waals surface area contributed by atoms with E-state index in [2.05, 4.69) is 43.8 Å². The Morgan fingerprint density at radius 1 is 1.00 bits per heavy atom. The molecule has 3 heterocycles. The first-order chi connectivity index (χ1) is 14.6. The Balaban J connectivity index is 1.37. The van der Waals surface area contributed by atoms with Gasteiger partial charge in [-0.05, 0) is 62.6 Å². The molecule has 0 N–H and O–H groups in total. The van der Waals surface area contributed by atoms with Crippen molar-refractivity contribution in [1.82, 2.24) is 24.6 Å². The first-order valence-corrected chi connectivity index (χ1v) is 11.0. The van der Waals surface area contributed by atoms with Crippen LogP contribution in [0.15, 0.2) is 36.4 Å². The van der Waals surface area contributed by atoms with Crippen molar-refractivity contribution in [2.24, 2.45) is 0 Å². The SMILES string of the molecule is CN1Cc2cc(Cl)ccc2-n2c(nnc2C2CCC(Oc3cccc(Cl)n3)CC2)C1. The average molecular weight is 444 g/mol. The third-order valence-corrected chi connectivity index (χ3v) is 6.35. The molecule has 1 fully saturated rings. The second-order valence-corrected chi connectivity index (χ2v) is 8.97. The van der Waals surface area contributed by atoms with Crippen LogP contribution in [0.3, 0.4) is 0 Å². The van der Waals surface area contributed by atoms with Crippen LogP contribution in [-0.4, -0.2) is 37.8 Å². The Kier molecular flexibility index (Phi) is 5.39. The molecule has 1 saturated carbocycles. The lowest BCUT2D eigenvalue weighted by Crippen LogP contribution is -2.25. The highest BCUT2D eigenvalue weighted by atomic mass is 35.5. The molecule has 2 aromatic heterocycles. The fraction of sp³-hybridized carbons (Fsp3) is 0.409. The zero-order valence-electron chi connectivity index (χ0n) is 16.8. The Labute approximate surface area is 185 Å². The first-order valence-electron chi connectivity index (χ1n) is 10.3. The number of ether oxygens (including phenoxy) is 1. The summed E-state index contributed by atoms with van der Waals surface area (Å²) in [6, 6.07) is 11.6. The minimum atomic E-state index is 0.149. The molecule has 1 aliphatic heterocycles. The van der Waals surface area contributed by atoms with E-state index in [0.717, 1.165) is 61.1 Å². The normalized spacial score (nSPS) is 21.6. The van der Waals surface area contributed by atoms with Crippen molar-refractivity contribution in [1.29, 1.82) is 0 Å². The average Bonchev–Trinajstić information content (AvgIpc) is 3.06. The van der Waals surface area contributed by atoms with Crippen LogP contribution >= 0.6 is 23.2 Å². The molecule has 0 atom stereocenters. The number of benzene rings is 1. The second-order valence-electron chi connectivity index (χ2n) is 8.15. The summed E-state index contributed by atoms with van der Waals surface area (Å²) in [6.45, 7) is 1.60. The van der Waals surface area contributed by atoms with Gasteiger partial charge in [-0.1, -0.05) is 29.3 Å². The molecule has 1 aromatic carbocycles. The van der Waals surface area contributed by atoms with Crippen molar-refractivity contribution in [3.63, 3.8) is 0 Å². The van der Waals surface area contributed by atoms with Crippen molar-refractivity contribution in [2.45, 2.75) is 50.8 Å². The van der Waals surface area contributed by atoms with Gasteiger partial charge in [0.1, 0.15) is 17.1 Å². The molecule has 0 saturated heterocycles. The van der Waals surface area contributed by atoms with E-state index in [1.807, 2.05) is 18.2 Å². The van der Waals surface area contributed by atoms with E-state index in [1.165, 1.54) is 5.56 Å². The summed E-state index contributed by atoms with van der Waals surface area (Å²) in [6.07, 6.45) is 4.06. The number of pyridine rings is 1. The highest BCUT2D eigenvalue weighted by Gasteiger charge is 2.30. The third kappa shape index (κ3) is 3.92. The summed E-state index contributed by atoms with van der Waals surface area (Å²) in [7, 11) is 2.10. The number of halogens is 2. The Morgan fingerprint density at radius 2 is 1.83 bits per heavy atom. The van der Waals surface area contributed by atoms with Gasteiger partial charge in [0.2, 0.25) is 5.88 Å². The Hall–Kier alpha value is -2.15. The minimum Gasteiger partial charge on any atom is -0.474 e. The van der Waals surface area contributed by atoms with Gasteiger partial charge in [0.05, 0.1) is 12.2 Å². The zero-order valence-corrected chi connectivity index (χ0v) is 18.3. The fourth-order valence-corrected chi connectivity index (χ4v) is 4.86. The van der Waals surface area contributed by atoms with Gasteiger partial charge in [-0.3, -0.25) is 9.47 Å². The minimum absolute atomic E-state index is 0.149. The van der Waals surface area contributed by atoms with E-state index < -0.39 is 0 Å². The topological polar surface area (TPSA) is 56.1 Å². The number of fused-ring (bicyclic) bond motifs is 3. The molecule has 156 valence electrons. The van der Waals surface area contributed by atoms with Gasteiger partial charge in [-0.25, -0.2) is 4.98 Å². The smallest absolute Gasteiger partial charge is 0.214 e. The molecular weight excluding hydrogens is 421 g/mol. The molecule has 0 amide bonds. The predicted molar refractivity (Wildman–Crippen MR) is 116 cm³/mol. The molecule has 2 aliphatic rings. The summed E-state index contributed by atoms with van der Waals surface area (Å²) in [5, 5.41) is 10.4. The van der Waals surface area contributed by atoms with E-state index in [-0.39, 0.29) is 6.10 Å². The molecule has 8 heteroatoms. The lowest BCUT2D eigenvalue weighted by atomic mass is 9.86. The molecule has 1 aliphatic carbocycles. The zero-order chi connectivity index (χ0) is 20.7. The van der Waals surface area contributed by atoms with Crippen LogP contribution < -0.4 is 4.74 Å². The quantitative estimate of drug-likeness (QED) is 0.531. The predicted octanol–water partition coefficient (Wildman–Crippen LogP) is 5.02. The van der Waals surface area contributed by atoms with Gasteiger partial charge < -0.3 is 4.74 Å². The van der Waals surface area contributed by atoms with Crippen molar-refractivity contribution in [3.05, 3.63) is 63.8 Å². The molecule has 5 rings (SSSR count). The van der Waals surface area contributed by atoms with Crippen LogP contribution in [0, 0.1) is 0 Å². The maximum atomic E-state index is 6.27. The molecule has 6 nitrogen and oxygen atoms in total. The summed E-state index contributed by atoms with van der Waals surface area (Å²) >= 11 is 12.2. The molecule has 0 spiro atoms. The van der Waals surface area contributed by atoms with Crippen molar-refractivity contribution >= 4 is 23.2 Å². The van der Waals surface area contributed by atoms with Crippen LogP contribution in [0.4, 0.5) is 0 Å². The molecule has 3 aromatic rings. The van der Waals surface area contributed by atoms with Gasteiger partial charge in [-0.2, -0.15) is 0 Å². The Bertz CT molecular complexity index is 1060. The number of hydrogen-bond acceptors (Lipinski definition) is 5. The standard InChI is InChI=1S/C22H23Cl2N5O/c1-28-12-15-11-16(23)7-10-18(15)29-20(13-28)26-27-22(29)14-5-8-17(9-6-14)30-21-4-2-3-19(24)25-21/h2-4,7,10-11,14,17H,5-6,8-9,12-13H2,1H3. The molecule has 0 radical (unpaired) electrons. The highest BCUT2D eigenvalue weighted by Crippen LogP contribution is 2.36. The van der Waals surface area contributed by atoms with Crippen LogP contribution in [0.1, 0.15) is 48.8 Å². The highest BCUT2D eigenvalue weighted by molar-refractivity contribution is 6.30. The van der Waals surface area contributed by atoms with E-state index >= 15 is 0 Å². The van der Waals surface area contributed by atoms with E-state index in [0.29, 0.717) is 17.0 Å². The van der Waals surface area contributed by atoms with E-state index in [4.69, 9.17) is 27.9 Å². The van der Waals surface area contributed by atoms with Crippen molar-refractivity contribution < 1.29 is 4.74 Å². The first kappa shape index (κ1) is 19.8. The van der Waals surface area contributed by atoms with Crippen LogP contribution in [0.2, 0.25) is 10.2 Å². The van der Waals surface area contributed by atoms with Crippen LogP contribution in [0.25, 0.3) is 5.69 Å². The van der Waals surface area contributed by atoms with Gasteiger partial charge >= 0.3 is 0 Å². The summed E-state index contributed by atoms with van der Waals surface area (Å²) < 4.78 is 8.31. The van der Waals surface area contributed by atoms with E-state index in [1.54, 1.807) is 6.07 Å². The molecular formula is C22H23Cl2N5O. The molecule has 30 heavy (non-hydrogen) atoms. The maximum absolute atomic E-state index is 6.27. The second kappa shape index (κ2) is 8.17. The molecule has 0 unspecified atom stereocenters. The largest absolute Gasteiger partial charge is 0.474 e. The van der Waals surface area contributed by atoms with Crippen molar-refractivity contribution in [3.8, 4) is 11.6 Å². The van der Waals surface area contributed by atoms with E-state index in [9.17, 15) is 0 Å².